The Morgan fingerprint density at radius 3 is 2.31 bits per heavy atom. The van der Waals surface area contributed by atoms with Crippen molar-refractivity contribution in [2.24, 2.45) is 0 Å². The smallest absolute Gasteiger partial charge is 0.351 e. The molecule has 2 fully saturated rings. The van der Waals surface area contributed by atoms with Crippen LogP contribution >= 0.6 is 23.2 Å². The Morgan fingerprint density at radius 1 is 0.914 bits per heavy atom. The number of hydrogen-bond donors (Lipinski definition) is 2. The quantitative estimate of drug-likeness (QED) is 0.543. The maximum atomic E-state index is 12.9. The van der Waals surface area contributed by atoms with Gasteiger partial charge in [-0.15, -0.1) is 5.06 Å². The third-order valence-corrected chi connectivity index (χ3v) is 6.86. The predicted octanol–water partition coefficient (Wildman–Crippen LogP) is 3.65. The monoisotopic (exact) mass is 517 g/mol. The number of hydrogen-bond acceptors (Lipinski definition) is 7. The minimum Gasteiger partial charge on any atom is -0.351 e. The summed E-state index contributed by atoms with van der Waals surface area (Å²) in [7, 11) is 0. The van der Waals surface area contributed by atoms with Crippen LogP contribution in [-0.4, -0.2) is 87.6 Å². The summed E-state index contributed by atoms with van der Waals surface area (Å²) in [5.41, 5.74) is 2.55. The summed E-state index contributed by atoms with van der Waals surface area (Å²) in [6, 6.07) is 10.6. The average Bonchev–Trinajstić information content (AvgIpc) is 3.31. The molecule has 0 aliphatic carbocycles. The maximum Gasteiger partial charge on any atom is 0.430 e. The summed E-state index contributed by atoms with van der Waals surface area (Å²) < 4.78 is 0. The van der Waals surface area contributed by atoms with Gasteiger partial charge in [0.25, 0.3) is 5.91 Å². The van der Waals surface area contributed by atoms with Crippen molar-refractivity contribution in [1.82, 2.24) is 30.3 Å². The number of halogens is 2. The van der Waals surface area contributed by atoms with Crippen LogP contribution in [-0.2, 0) is 4.84 Å². The number of piperazine rings is 1. The summed E-state index contributed by atoms with van der Waals surface area (Å²) in [5.74, 6) is 0.0265. The van der Waals surface area contributed by atoms with E-state index < -0.39 is 6.09 Å². The molecule has 2 aliphatic rings. The van der Waals surface area contributed by atoms with Crippen molar-refractivity contribution >= 4 is 51.9 Å². The van der Waals surface area contributed by atoms with E-state index >= 15 is 0 Å². The molecule has 0 unspecified atom stereocenters. The van der Waals surface area contributed by atoms with Gasteiger partial charge >= 0.3 is 6.09 Å². The van der Waals surface area contributed by atoms with Crippen LogP contribution in [0.1, 0.15) is 23.2 Å². The lowest BCUT2D eigenvalue weighted by atomic mass is 10.0. The number of anilines is 1. The van der Waals surface area contributed by atoms with Gasteiger partial charge in [-0.05, 0) is 49.2 Å². The number of nitrogens with zero attached hydrogens (tertiary/aromatic N) is 5. The Hall–Kier alpha value is -2.92. The first-order valence-corrected chi connectivity index (χ1v) is 12.2. The summed E-state index contributed by atoms with van der Waals surface area (Å²) in [5, 5.41) is 15.9. The SMILES string of the molecule is O=C(Nc1cc(Cl)cc(Cl)c1)ON1CCN(C2CCN(C(=O)c3ccc4n[nH]nc4c3)CC2)CC1. The van der Waals surface area contributed by atoms with Crippen LogP contribution in [0.2, 0.25) is 10.0 Å². The minimum atomic E-state index is -0.576. The molecule has 2 N–H and O–H groups in total. The number of nitrogens with one attached hydrogen (secondary N) is 2. The summed E-state index contributed by atoms with van der Waals surface area (Å²) in [4.78, 5) is 34.9. The summed E-state index contributed by atoms with van der Waals surface area (Å²) in [6.45, 7) is 4.22. The van der Waals surface area contributed by atoms with Crippen LogP contribution in [0.3, 0.4) is 0 Å². The van der Waals surface area contributed by atoms with Crippen molar-refractivity contribution < 1.29 is 14.4 Å². The van der Waals surface area contributed by atoms with Gasteiger partial charge in [-0.1, -0.05) is 23.2 Å². The average molecular weight is 518 g/mol. The van der Waals surface area contributed by atoms with Crippen LogP contribution in [0, 0.1) is 0 Å². The molecule has 2 aliphatic heterocycles. The number of H-pyrrole nitrogens is 1. The van der Waals surface area contributed by atoms with Crippen LogP contribution < -0.4 is 5.32 Å². The molecule has 0 radical (unpaired) electrons. The van der Waals surface area contributed by atoms with E-state index in [0.29, 0.717) is 59.0 Å². The van der Waals surface area contributed by atoms with Gasteiger partial charge in [-0.3, -0.25) is 15.0 Å². The van der Waals surface area contributed by atoms with Gasteiger partial charge in [0.1, 0.15) is 11.0 Å². The van der Waals surface area contributed by atoms with E-state index in [9.17, 15) is 9.59 Å². The van der Waals surface area contributed by atoms with E-state index in [0.717, 1.165) is 31.4 Å². The molecule has 184 valence electrons. The van der Waals surface area contributed by atoms with Gasteiger partial charge in [-0.25, -0.2) is 4.79 Å². The predicted molar refractivity (Wildman–Crippen MR) is 133 cm³/mol. The molecule has 1 aromatic heterocycles. The van der Waals surface area contributed by atoms with Crippen LogP contribution in [0.15, 0.2) is 36.4 Å². The van der Waals surface area contributed by atoms with Gasteiger partial charge in [0.2, 0.25) is 0 Å². The van der Waals surface area contributed by atoms with E-state index in [2.05, 4.69) is 25.6 Å². The molecule has 2 saturated heterocycles. The zero-order chi connectivity index (χ0) is 24.4. The fourth-order valence-electron chi connectivity index (χ4n) is 4.63. The molecule has 12 heteroatoms. The van der Waals surface area contributed by atoms with Crippen LogP contribution in [0.5, 0.6) is 0 Å². The fourth-order valence-corrected chi connectivity index (χ4v) is 5.16. The number of hydroxylamine groups is 2. The second-order valence-corrected chi connectivity index (χ2v) is 9.55. The molecule has 2 amide bonds. The summed E-state index contributed by atoms with van der Waals surface area (Å²) in [6.07, 6.45) is 1.25. The van der Waals surface area contributed by atoms with Gasteiger partial charge in [0, 0.05) is 66.6 Å². The zero-order valence-corrected chi connectivity index (χ0v) is 20.4. The number of carbonyl (C=O) groups is 2. The first-order chi connectivity index (χ1) is 16.9. The Balaban J connectivity index is 1.07. The summed E-state index contributed by atoms with van der Waals surface area (Å²) >= 11 is 11.9. The van der Waals surface area contributed by atoms with Gasteiger partial charge in [-0.2, -0.15) is 15.4 Å². The van der Waals surface area contributed by atoms with Crippen LogP contribution in [0.25, 0.3) is 11.0 Å². The normalized spacial score (nSPS) is 18.1. The Morgan fingerprint density at radius 2 is 1.60 bits per heavy atom. The van der Waals surface area contributed by atoms with Gasteiger partial charge in [0.15, 0.2) is 0 Å². The standard InChI is InChI=1S/C23H25Cl2N7O3/c24-16-12-17(25)14-18(13-16)26-23(34)35-32-9-7-30(8-10-32)19-3-5-31(6-4-19)22(33)15-1-2-20-21(11-15)28-29-27-20/h1-2,11-14,19H,3-10H2,(H,26,34)(H,27,28,29). The van der Waals surface area contributed by atoms with Gasteiger partial charge < -0.3 is 9.74 Å². The lowest BCUT2D eigenvalue weighted by molar-refractivity contribution is -0.124. The molecule has 0 spiro atoms. The second-order valence-electron chi connectivity index (χ2n) is 8.68. The number of benzene rings is 2. The molecule has 0 bridgehead atoms. The molecule has 0 atom stereocenters. The van der Waals surface area contributed by atoms with E-state index in [-0.39, 0.29) is 5.91 Å². The van der Waals surface area contributed by atoms with E-state index in [1.54, 1.807) is 35.4 Å². The van der Waals surface area contributed by atoms with Gasteiger partial charge in [0.05, 0.1) is 0 Å². The molecule has 10 nitrogen and oxygen atoms in total. The molecule has 35 heavy (non-hydrogen) atoms. The van der Waals surface area contributed by atoms with Crippen molar-refractivity contribution in [1.29, 1.82) is 0 Å². The number of aromatic amines is 1. The fraction of sp³-hybridized carbons (Fsp3) is 0.391. The number of rotatable bonds is 4. The highest BCUT2D eigenvalue weighted by Crippen LogP contribution is 2.23. The number of piperidine rings is 1. The number of aromatic nitrogens is 3. The molecule has 5 rings (SSSR count). The third kappa shape index (κ3) is 5.67. The Bertz CT molecular complexity index is 1200. The molecule has 3 heterocycles. The van der Waals surface area contributed by atoms with E-state index in [4.69, 9.17) is 28.0 Å². The Kier molecular flexibility index (Phi) is 7.05. The highest BCUT2D eigenvalue weighted by Gasteiger charge is 2.30. The largest absolute Gasteiger partial charge is 0.430 e. The first kappa shape index (κ1) is 23.8. The van der Waals surface area contributed by atoms with Crippen molar-refractivity contribution in [2.45, 2.75) is 18.9 Å². The number of fused-ring (bicyclic) bond motifs is 1. The van der Waals surface area contributed by atoms with Crippen molar-refractivity contribution in [3.05, 3.63) is 52.0 Å². The topological polar surface area (TPSA) is 107 Å². The maximum absolute atomic E-state index is 12.9. The molecule has 0 saturated carbocycles. The number of amides is 2. The zero-order valence-electron chi connectivity index (χ0n) is 18.9. The first-order valence-electron chi connectivity index (χ1n) is 11.5. The third-order valence-electron chi connectivity index (χ3n) is 6.43. The number of likely N-dealkylation sites (tertiary alicyclic amines) is 1. The van der Waals surface area contributed by atoms with Crippen molar-refractivity contribution in [3.8, 4) is 0 Å². The molecule has 2 aromatic carbocycles. The van der Waals surface area contributed by atoms with E-state index in [1.165, 1.54) is 0 Å². The molecule has 3 aromatic rings. The van der Waals surface area contributed by atoms with Crippen LogP contribution in [0.4, 0.5) is 10.5 Å². The van der Waals surface area contributed by atoms with Crippen molar-refractivity contribution in [3.63, 3.8) is 0 Å². The highest BCUT2D eigenvalue weighted by molar-refractivity contribution is 6.35. The minimum absolute atomic E-state index is 0.0265. The Labute approximate surface area is 212 Å². The highest BCUT2D eigenvalue weighted by atomic mass is 35.5. The van der Waals surface area contributed by atoms with Crippen molar-refractivity contribution in [2.75, 3.05) is 44.6 Å². The molecular formula is C23H25Cl2N7O3. The lowest BCUT2D eigenvalue weighted by Crippen LogP contribution is -2.54. The van der Waals surface area contributed by atoms with E-state index in [1.807, 2.05) is 11.0 Å². The number of carbonyl (C=O) groups excluding carboxylic acids is 2. The molecular weight excluding hydrogens is 493 g/mol. The lowest BCUT2D eigenvalue weighted by Gasteiger charge is -2.42. The second kappa shape index (κ2) is 10.4.